The number of anilines is 1. The molecule has 0 aliphatic carbocycles. The van der Waals surface area contributed by atoms with E-state index in [0.29, 0.717) is 15.8 Å². The second kappa shape index (κ2) is 8.37. The highest BCUT2D eigenvalue weighted by molar-refractivity contribution is 5.91. The van der Waals surface area contributed by atoms with Crippen LogP contribution >= 0.6 is 0 Å². The Balaban J connectivity index is 1.77. The minimum Gasteiger partial charge on any atom is -0.476 e. The van der Waals surface area contributed by atoms with Crippen LogP contribution in [-0.4, -0.2) is 33.1 Å². The maximum atomic E-state index is 13.9. The Morgan fingerprint density at radius 2 is 1.69 bits per heavy atom. The number of aromatic carboxylic acids is 1. The monoisotopic (exact) mass is 445 g/mol. The lowest BCUT2D eigenvalue weighted by Gasteiger charge is -2.39. The largest absolute Gasteiger partial charge is 0.476 e. The number of halogens is 3. The number of nitrogens with zero attached hydrogens (tertiary/aromatic N) is 3. The van der Waals surface area contributed by atoms with Gasteiger partial charge in [-0.3, -0.25) is 4.90 Å². The fraction of sp³-hybridized carbons (Fsp3) is 0.227. The van der Waals surface area contributed by atoms with E-state index in [9.17, 15) is 27.9 Å². The number of carboxylic acid groups (broad SMARTS) is 1. The molecule has 2 aromatic carbocycles. The van der Waals surface area contributed by atoms with Crippen molar-refractivity contribution in [3.63, 3.8) is 0 Å². The molecule has 1 aliphatic heterocycles. The summed E-state index contributed by atoms with van der Waals surface area (Å²) in [7, 11) is 0. The van der Waals surface area contributed by atoms with Crippen LogP contribution in [0.2, 0.25) is 0 Å². The molecule has 4 rings (SSSR count). The van der Waals surface area contributed by atoms with Crippen molar-refractivity contribution in [3.8, 4) is 0 Å². The molecule has 2 heterocycles. The molecule has 0 saturated heterocycles. The van der Waals surface area contributed by atoms with E-state index in [-0.39, 0.29) is 12.4 Å². The maximum absolute atomic E-state index is 13.9. The fourth-order valence-corrected chi connectivity index (χ4v) is 3.72. The second-order valence-corrected chi connectivity index (χ2v) is 7.27. The summed E-state index contributed by atoms with van der Waals surface area (Å²) < 4.78 is 47.6. The summed E-state index contributed by atoms with van der Waals surface area (Å²) in [6, 6.07) is 14.9. The van der Waals surface area contributed by atoms with Crippen molar-refractivity contribution >= 4 is 17.9 Å². The Bertz CT molecular complexity index is 1120. The normalized spacial score (nSPS) is 18.2. The molecule has 0 spiro atoms. The standard InChI is InChI=1S/C22H18F3N3O4/c23-22(24,25)18-12-17(15-9-5-2-6-10-15)27(19-11-16(20(29)30)26-28(18)19)21(31)32-13-14-7-3-1-4-8-14/h1-11,17-18H,12-13H2,(H,29,30)/t17-,18+/m0/s1. The van der Waals surface area contributed by atoms with E-state index in [4.69, 9.17) is 4.74 Å². The van der Waals surface area contributed by atoms with Crippen molar-refractivity contribution in [1.82, 2.24) is 9.78 Å². The van der Waals surface area contributed by atoms with Crippen molar-refractivity contribution in [2.45, 2.75) is 31.3 Å². The van der Waals surface area contributed by atoms with Gasteiger partial charge in [0, 0.05) is 12.5 Å². The van der Waals surface area contributed by atoms with Gasteiger partial charge in [-0.05, 0) is 11.1 Å². The highest BCUT2D eigenvalue weighted by atomic mass is 19.4. The van der Waals surface area contributed by atoms with E-state index in [1.54, 1.807) is 60.7 Å². The number of carbonyl (C=O) groups is 2. The van der Waals surface area contributed by atoms with Crippen LogP contribution in [0, 0.1) is 0 Å². The number of carbonyl (C=O) groups excluding carboxylic acids is 1. The van der Waals surface area contributed by atoms with E-state index in [1.165, 1.54) is 0 Å². The zero-order valence-corrected chi connectivity index (χ0v) is 16.6. The van der Waals surface area contributed by atoms with Gasteiger partial charge in [-0.2, -0.15) is 18.3 Å². The van der Waals surface area contributed by atoms with Crippen molar-refractivity contribution in [2.75, 3.05) is 4.90 Å². The minimum atomic E-state index is -4.70. The third kappa shape index (κ3) is 4.16. The van der Waals surface area contributed by atoms with E-state index in [1.807, 2.05) is 0 Å². The molecule has 7 nitrogen and oxygen atoms in total. The molecule has 32 heavy (non-hydrogen) atoms. The van der Waals surface area contributed by atoms with Gasteiger partial charge >= 0.3 is 18.2 Å². The fourth-order valence-electron chi connectivity index (χ4n) is 3.72. The number of carboxylic acids is 1. The number of amides is 1. The topological polar surface area (TPSA) is 84.7 Å². The number of ether oxygens (including phenoxy) is 1. The van der Waals surface area contributed by atoms with Crippen LogP contribution in [0.3, 0.4) is 0 Å². The first-order chi connectivity index (χ1) is 15.3. The Hall–Kier alpha value is -3.82. The number of fused-ring (bicyclic) bond motifs is 1. The average Bonchev–Trinajstić information content (AvgIpc) is 3.22. The smallest absolute Gasteiger partial charge is 0.416 e. The molecule has 0 unspecified atom stereocenters. The predicted molar refractivity (Wildman–Crippen MR) is 107 cm³/mol. The van der Waals surface area contributed by atoms with Crippen LogP contribution in [-0.2, 0) is 11.3 Å². The number of alkyl halides is 3. The van der Waals surface area contributed by atoms with Gasteiger partial charge in [0.1, 0.15) is 12.4 Å². The van der Waals surface area contributed by atoms with Crippen molar-refractivity contribution < 1.29 is 32.6 Å². The van der Waals surface area contributed by atoms with Gasteiger partial charge in [0.15, 0.2) is 11.7 Å². The van der Waals surface area contributed by atoms with E-state index in [2.05, 4.69) is 5.10 Å². The molecule has 166 valence electrons. The first kappa shape index (κ1) is 21.4. The van der Waals surface area contributed by atoms with Crippen LogP contribution in [0.1, 0.15) is 40.1 Å². The minimum absolute atomic E-state index is 0.0969. The number of aromatic nitrogens is 2. The molecule has 0 fully saturated rings. The summed E-state index contributed by atoms with van der Waals surface area (Å²) in [5.41, 5.74) is 0.563. The van der Waals surface area contributed by atoms with E-state index < -0.39 is 42.4 Å². The Morgan fingerprint density at radius 1 is 1.06 bits per heavy atom. The molecule has 2 atom stereocenters. The van der Waals surface area contributed by atoms with Crippen LogP contribution in [0.4, 0.5) is 23.8 Å². The molecular formula is C22H18F3N3O4. The van der Waals surface area contributed by atoms with Gasteiger partial charge in [-0.1, -0.05) is 60.7 Å². The summed E-state index contributed by atoms with van der Waals surface area (Å²) in [4.78, 5) is 25.6. The third-order valence-corrected chi connectivity index (χ3v) is 5.20. The van der Waals surface area contributed by atoms with Gasteiger partial charge < -0.3 is 9.84 Å². The number of hydrogen-bond donors (Lipinski definition) is 1. The molecular weight excluding hydrogens is 427 g/mol. The summed E-state index contributed by atoms with van der Waals surface area (Å²) in [6.07, 6.45) is -6.15. The van der Waals surface area contributed by atoms with Crippen LogP contribution in [0.25, 0.3) is 0 Å². The Labute approximate surface area is 180 Å². The SMILES string of the molecule is O=C(O)c1cc2n(n1)[C@@H](C(F)(F)F)C[C@@H](c1ccccc1)N2C(=O)OCc1ccccc1. The van der Waals surface area contributed by atoms with Gasteiger partial charge in [0.25, 0.3) is 0 Å². The molecule has 10 heteroatoms. The molecule has 1 aliphatic rings. The Morgan fingerprint density at radius 3 is 2.28 bits per heavy atom. The van der Waals surface area contributed by atoms with Crippen molar-refractivity contribution in [1.29, 1.82) is 0 Å². The zero-order valence-electron chi connectivity index (χ0n) is 16.6. The van der Waals surface area contributed by atoms with Gasteiger partial charge in [0.2, 0.25) is 0 Å². The molecule has 0 saturated carbocycles. The highest BCUT2D eigenvalue weighted by Gasteiger charge is 2.50. The molecule has 0 bridgehead atoms. The molecule has 3 aromatic rings. The van der Waals surface area contributed by atoms with Crippen molar-refractivity contribution in [2.24, 2.45) is 0 Å². The van der Waals surface area contributed by atoms with Gasteiger partial charge in [0.05, 0.1) is 6.04 Å². The number of hydrogen-bond acceptors (Lipinski definition) is 4. The zero-order chi connectivity index (χ0) is 22.9. The summed E-state index contributed by atoms with van der Waals surface area (Å²) in [5, 5.41) is 12.9. The second-order valence-electron chi connectivity index (χ2n) is 7.27. The lowest BCUT2D eigenvalue weighted by molar-refractivity contribution is -0.174. The lowest BCUT2D eigenvalue weighted by Crippen LogP contribution is -2.45. The quantitative estimate of drug-likeness (QED) is 0.613. The van der Waals surface area contributed by atoms with Crippen molar-refractivity contribution in [3.05, 3.63) is 83.6 Å². The molecule has 1 aromatic heterocycles. The highest BCUT2D eigenvalue weighted by Crippen LogP contribution is 2.47. The average molecular weight is 445 g/mol. The summed E-state index contributed by atoms with van der Waals surface area (Å²) in [6.45, 7) is -0.0969. The maximum Gasteiger partial charge on any atom is 0.416 e. The van der Waals surface area contributed by atoms with E-state index >= 15 is 0 Å². The summed E-state index contributed by atoms with van der Waals surface area (Å²) in [5.74, 6) is -1.79. The van der Waals surface area contributed by atoms with Gasteiger partial charge in [-0.25, -0.2) is 14.3 Å². The predicted octanol–water partition coefficient (Wildman–Crippen LogP) is 4.97. The van der Waals surface area contributed by atoms with Crippen LogP contribution in [0.15, 0.2) is 66.7 Å². The lowest BCUT2D eigenvalue weighted by atomic mass is 9.95. The van der Waals surface area contributed by atoms with E-state index in [0.717, 1.165) is 11.0 Å². The number of rotatable bonds is 4. The van der Waals surface area contributed by atoms with Crippen LogP contribution < -0.4 is 4.90 Å². The Kier molecular flexibility index (Phi) is 5.60. The first-order valence-electron chi connectivity index (χ1n) is 9.70. The number of benzene rings is 2. The summed E-state index contributed by atoms with van der Waals surface area (Å²) >= 11 is 0. The molecule has 1 amide bonds. The molecule has 0 radical (unpaired) electrons. The first-order valence-corrected chi connectivity index (χ1v) is 9.70. The van der Waals surface area contributed by atoms with Crippen LogP contribution in [0.5, 0.6) is 0 Å². The molecule has 1 N–H and O–H groups in total. The third-order valence-electron chi connectivity index (χ3n) is 5.20. The van der Waals surface area contributed by atoms with Gasteiger partial charge in [-0.15, -0.1) is 0 Å².